The van der Waals surface area contributed by atoms with Crippen LogP contribution in [0, 0.1) is 0 Å². The molecule has 1 N–H and O–H groups in total. The molecule has 0 saturated carbocycles. The van der Waals surface area contributed by atoms with Gasteiger partial charge in [-0.3, -0.25) is 5.10 Å². The molecule has 180 valence electrons. The van der Waals surface area contributed by atoms with Gasteiger partial charge in [-0.15, -0.1) is 0 Å². The smallest absolute Gasteiger partial charge is 0.337 e. The van der Waals surface area contributed by atoms with Crippen LogP contribution in [0.3, 0.4) is 0 Å². The van der Waals surface area contributed by atoms with E-state index in [2.05, 4.69) is 51.6 Å². The second-order valence-electron chi connectivity index (χ2n) is 8.63. The van der Waals surface area contributed by atoms with Gasteiger partial charge < -0.3 is 4.74 Å². The number of fused-ring (bicyclic) bond motifs is 1. The fraction of sp³-hybridized carbons (Fsp3) is 0.0667. The Balaban J connectivity index is 1.80. The zero-order chi connectivity index (χ0) is 25.2. The van der Waals surface area contributed by atoms with E-state index in [0.717, 1.165) is 27.6 Å². The van der Waals surface area contributed by atoms with Gasteiger partial charge in [0.1, 0.15) is 17.6 Å². The molecule has 0 radical (unpaired) electrons. The Morgan fingerprint density at radius 3 is 1.86 bits per heavy atom. The maximum absolute atomic E-state index is 12.6. The SMILES string of the molecule is COC(=O)c1ccc2c(-c3ncn[nH]3)nn(C(c3ccccc3)(c3ccccc3)c3ccccc3)c2c1. The molecule has 0 fully saturated rings. The lowest BCUT2D eigenvalue weighted by Crippen LogP contribution is -2.38. The number of benzene rings is 4. The van der Waals surface area contributed by atoms with Gasteiger partial charge in [0.15, 0.2) is 5.82 Å². The maximum Gasteiger partial charge on any atom is 0.337 e. The van der Waals surface area contributed by atoms with Crippen LogP contribution >= 0.6 is 0 Å². The van der Waals surface area contributed by atoms with E-state index in [-0.39, 0.29) is 0 Å². The molecule has 4 aromatic carbocycles. The summed E-state index contributed by atoms with van der Waals surface area (Å²) in [5.41, 5.74) is 4.01. The van der Waals surface area contributed by atoms with Gasteiger partial charge in [0.25, 0.3) is 0 Å². The molecular weight excluding hydrogens is 462 g/mol. The molecule has 7 nitrogen and oxygen atoms in total. The second kappa shape index (κ2) is 9.20. The molecule has 0 spiro atoms. The Morgan fingerprint density at radius 1 is 0.811 bits per heavy atom. The van der Waals surface area contributed by atoms with Crippen LogP contribution < -0.4 is 0 Å². The predicted molar refractivity (Wildman–Crippen MR) is 141 cm³/mol. The first-order valence-corrected chi connectivity index (χ1v) is 11.9. The van der Waals surface area contributed by atoms with E-state index in [1.165, 1.54) is 13.4 Å². The number of rotatable bonds is 6. The number of nitrogens with zero attached hydrogens (tertiary/aromatic N) is 4. The van der Waals surface area contributed by atoms with Crippen molar-refractivity contribution in [2.75, 3.05) is 7.11 Å². The number of esters is 1. The Kier molecular flexibility index (Phi) is 5.58. The first kappa shape index (κ1) is 22.4. The quantitative estimate of drug-likeness (QED) is 0.251. The minimum Gasteiger partial charge on any atom is -0.465 e. The van der Waals surface area contributed by atoms with Crippen molar-refractivity contribution in [2.24, 2.45) is 0 Å². The van der Waals surface area contributed by atoms with Crippen molar-refractivity contribution in [1.29, 1.82) is 0 Å². The van der Waals surface area contributed by atoms with Crippen LogP contribution in [0.5, 0.6) is 0 Å². The second-order valence-corrected chi connectivity index (χ2v) is 8.63. The minimum atomic E-state index is -0.866. The van der Waals surface area contributed by atoms with E-state index < -0.39 is 11.5 Å². The van der Waals surface area contributed by atoms with Crippen molar-refractivity contribution in [1.82, 2.24) is 25.0 Å². The molecule has 37 heavy (non-hydrogen) atoms. The summed E-state index contributed by atoms with van der Waals surface area (Å²) in [6.45, 7) is 0. The van der Waals surface area contributed by atoms with Crippen molar-refractivity contribution in [2.45, 2.75) is 5.54 Å². The van der Waals surface area contributed by atoms with Crippen LogP contribution in [-0.2, 0) is 10.3 Å². The first-order chi connectivity index (χ1) is 18.2. The lowest BCUT2D eigenvalue weighted by Gasteiger charge is -2.37. The first-order valence-electron chi connectivity index (χ1n) is 11.9. The Morgan fingerprint density at radius 2 is 1.38 bits per heavy atom. The van der Waals surface area contributed by atoms with E-state index in [0.29, 0.717) is 17.1 Å². The third kappa shape index (κ3) is 3.60. The van der Waals surface area contributed by atoms with E-state index in [1.54, 1.807) is 6.07 Å². The zero-order valence-electron chi connectivity index (χ0n) is 20.1. The van der Waals surface area contributed by atoms with Crippen LogP contribution in [0.4, 0.5) is 0 Å². The summed E-state index contributed by atoms with van der Waals surface area (Å²) in [6, 6.07) is 36.2. The number of carbonyl (C=O) groups is 1. The summed E-state index contributed by atoms with van der Waals surface area (Å²) < 4.78 is 7.04. The van der Waals surface area contributed by atoms with Crippen molar-refractivity contribution in [3.63, 3.8) is 0 Å². The lowest BCUT2D eigenvalue weighted by molar-refractivity contribution is 0.0601. The fourth-order valence-electron chi connectivity index (χ4n) is 5.01. The summed E-state index contributed by atoms with van der Waals surface area (Å²) in [6.07, 6.45) is 1.46. The zero-order valence-corrected chi connectivity index (χ0v) is 20.1. The molecule has 0 amide bonds. The number of ether oxygens (including phenoxy) is 1. The molecule has 7 heteroatoms. The number of hydrogen-bond donors (Lipinski definition) is 1. The third-order valence-corrected chi connectivity index (χ3v) is 6.63. The summed E-state index contributed by atoms with van der Waals surface area (Å²) in [5.74, 6) is 0.123. The monoisotopic (exact) mass is 485 g/mol. The number of hydrogen-bond acceptors (Lipinski definition) is 5. The molecule has 2 heterocycles. The van der Waals surface area contributed by atoms with Crippen molar-refractivity contribution < 1.29 is 9.53 Å². The number of aromatic amines is 1. The molecule has 0 saturated heterocycles. The molecule has 0 atom stereocenters. The van der Waals surface area contributed by atoms with Gasteiger partial charge >= 0.3 is 5.97 Å². The topological polar surface area (TPSA) is 85.7 Å². The van der Waals surface area contributed by atoms with Gasteiger partial charge in [-0.05, 0) is 34.9 Å². The average Bonchev–Trinajstić information content (AvgIpc) is 3.63. The van der Waals surface area contributed by atoms with Gasteiger partial charge in [-0.2, -0.15) is 10.2 Å². The maximum atomic E-state index is 12.6. The Labute approximate surface area is 213 Å². The van der Waals surface area contributed by atoms with Crippen LogP contribution in [0.25, 0.3) is 22.4 Å². The molecule has 0 unspecified atom stereocenters. The summed E-state index contributed by atoms with van der Waals surface area (Å²) >= 11 is 0. The highest BCUT2D eigenvalue weighted by molar-refractivity contribution is 5.98. The number of aromatic nitrogens is 5. The highest BCUT2D eigenvalue weighted by Gasteiger charge is 2.41. The molecule has 0 aliphatic carbocycles. The molecule has 0 bridgehead atoms. The number of methoxy groups -OCH3 is 1. The van der Waals surface area contributed by atoms with E-state index >= 15 is 0 Å². The van der Waals surface area contributed by atoms with E-state index in [4.69, 9.17) is 9.84 Å². The summed E-state index contributed by atoms with van der Waals surface area (Å²) in [4.78, 5) is 17.0. The highest BCUT2D eigenvalue weighted by Crippen LogP contribution is 2.43. The van der Waals surface area contributed by atoms with Gasteiger partial charge in [-0.25, -0.2) is 14.5 Å². The Hall–Kier alpha value is -5.04. The van der Waals surface area contributed by atoms with Crippen molar-refractivity contribution in [3.05, 3.63) is 138 Å². The minimum absolute atomic E-state index is 0.416. The van der Waals surface area contributed by atoms with E-state index in [9.17, 15) is 4.79 Å². The van der Waals surface area contributed by atoms with Gasteiger partial charge in [-0.1, -0.05) is 91.0 Å². The number of carbonyl (C=O) groups excluding carboxylic acids is 1. The van der Waals surface area contributed by atoms with Gasteiger partial charge in [0.2, 0.25) is 0 Å². The van der Waals surface area contributed by atoms with Crippen LogP contribution in [0.15, 0.2) is 116 Å². The number of nitrogens with one attached hydrogen (secondary N) is 1. The van der Waals surface area contributed by atoms with Crippen molar-refractivity contribution in [3.8, 4) is 11.5 Å². The van der Waals surface area contributed by atoms with Crippen LogP contribution in [0.2, 0.25) is 0 Å². The summed E-state index contributed by atoms with van der Waals surface area (Å²) in [5, 5.41) is 13.0. The average molecular weight is 486 g/mol. The molecule has 6 aromatic rings. The van der Waals surface area contributed by atoms with Gasteiger partial charge in [0.05, 0.1) is 18.2 Å². The third-order valence-electron chi connectivity index (χ3n) is 6.63. The highest BCUT2D eigenvalue weighted by atomic mass is 16.5. The number of H-pyrrole nitrogens is 1. The van der Waals surface area contributed by atoms with Crippen LogP contribution in [-0.4, -0.2) is 38.0 Å². The molecule has 6 rings (SSSR count). The van der Waals surface area contributed by atoms with Gasteiger partial charge in [0, 0.05) is 5.39 Å². The molecule has 2 aromatic heterocycles. The van der Waals surface area contributed by atoms with Crippen molar-refractivity contribution >= 4 is 16.9 Å². The van der Waals surface area contributed by atoms with E-state index in [1.807, 2.05) is 71.4 Å². The molecule has 0 aliphatic rings. The molecule has 0 aliphatic heterocycles. The normalized spacial score (nSPS) is 11.5. The molecular formula is C30H23N5O2. The fourth-order valence-corrected chi connectivity index (χ4v) is 5.01. The Bertz CT molecular complexity index is 1560. The summed E-state index contributed by atoms with van der Waals surface area (Å²) in [7, 11) is 1.38. The lowest BCUT2D eigenvalue weighted by atomic mass is 9.77. The standard InChI is InChI=1S/C30H23N5O2/c1-37-29(36)21-17-18-25-26(19-21)35(34-27(25)28-31-20-32-33-28)30(22-11-5-2-6-12-22,23-13-7-3-8-14-23)24-15-9-4-10-16-24/h2-20H,1H3,(H,31,32,33). The largest absolute Gasteiger partial charge is 0.465 e. The predicted octanol–water partition coefficient (Wildman–Crippen LogP) is 5.45. The van der Waals surface area contributed by atoms with Crippen LogP contribution in [0.1, 0.15) is 27.0 Å².